The molecule has 3 saturated heterocycles. The third-order valence-corrected chi connectivity index (χ3v) is 8.86. The van der Waals surface area contributed by atoms with E-state index in [0.29, 0.717) is 17.6 Å². The summed E-state index contributed by atoms with van der Waals surface area (Å²) in [7, 11) is -3.72. The molecule has 1 aromatic heterocycles. The molecule has 1 amide bonds. The van der Waals surface area contributed by atoms with Crippen LogP contribution in [0.4, 0.5) is 5.69 Å². The number of fused-ring (bicyclic) bond motifs is 2. The number of aromatic nitrogens is 1. The van der Waals surface area contributed by atoms with Crippen molar-refractivity contribution in [3.05, 3.63) is 42.7 Å². The zero-order chi connectivity index (χ0) is 21.9. The Balaban J connectivity index is 1.07. The van der Waals surface area contributed by atoms with Gasteiger partial charge in [-0.05, 0) is 24.3 Å². The van der Waals surface area contributed by atoms with E-state index in [9.17, 15) is 13.2 Å². The van der Waals surface area contributed by atoms with Crippen LogP contribution in [0.5, 0.6) is 11.5 Å². The maximum absolute atomic E-state index is 13.0. The molecule has 2 unspecified atom stereocenters. The topological polar surface area (TPSA) is 92.3 Å². The number of sulfonamides is 1. The lowest BCUT2D eigenvalue weighted by atomic mass is 10.0. The van der Waals surface area contributed by atoms with Crippen LogP contribution >= 0.6 is 0 Å². The molecule has 0 radical (unpaired) electrons. The van der Waals surface area contributed by atoms with Crippen LogP contribution in [-0.4, -0.2) is 74.6 Å². The lowest BCUT2D eigenvalue weighted by molar-refractivity contribution is -0.138. The first-order valence-electron chi connectivity index (χ1n) is 10.8. The van der Waals surface area contributed by atoms with Gasteiger partial charge in [-0.1, -0.05) is 6.07 Å². The van der Waals surface area contributed by atoms with Crippen molar-refractivity contribution in [2.45, 2.75) is 4.90 Å². The second-order valence-electron chi connectivity index (χ2n) is 8.88. The van der Waals surface area contributed by atoms with Crippen molar-refractivity contribution >= 4 is 21.6 Å². The maximum atomic E-state index is 13.0. The molecular weight excluding hydrogens is 432 g/mol. The number of rotatable bonds is 4. The fourth-order valence-electron chi connectivity index (χ4n) is 5.23. The van der Waals surface area contributed by atoms with Gasteiger partial charge in [-0.2, -0.15) is 4.31 Å². The van der Waals surface area contributed by atoms with Crippen molar-refractivity contribution in [2.24, 2.45) is 17.8 Å². The molecule has 3 fully saturated rings. The van der Waals surface area contributed by atoms with Crippen molar-refractivity contribution in [3.63, 3.8) is 0 Å². The fourth-order valence-corrected chi connectivity index (χ4v) is 6.91. The molecule has 0 bridgehead atoms. The number of carbonyl (C=O) groups is 1. The van der Waals surface area contributed by atoms with E-state index in [1.165, 1.54) is 16.1 Å². The maximum Gasteiger partial charge on any atom is 0.246 e. The lowest BCUT2D eigenvalue weighted by Gasteiger charge is -2.39. The molecular formula is C22H24N4O5S. The van der Waals surface area contributed by atoms with E-state index in [2.05, 4.69) is 9.88 Å². The number of carbonyl (C=O) groups excluding carboxylic acids is 1. The highest BCUT2D eigenvalue weighted by atomic mass is 32.2. The number of benzene rings is 1. The minimum Gasteiger partial charge on any atom is -0.454 e. The molecule has 0 saturated carbocycles. The first-order chi connectivity index (χ1) is 15.5. The number of nitrogens with zero attached hydrogens (tertiary/aromatic N) is 4. The van der Waals surface area contributed by atoms with Crippen LogP contribution in [0.2, 0.25) is 0 Å². The van der Waals surface area contributed by atoms with E-state index < -0.39 is 10.0 Å². The molecule has 0 N–H and O–H groups in total. The molecule has 0 spiro atoms. The van der Waals surface area contributed by atoms with Crippen molar-refractivity contribution in [3.8, 4) is 11.5 Å². The van der Waals surface area contributed by atoms with Gasteiger partial charge < -0.3 is 19.3 Å². The minimum absolute atomic E-state index is 0.0128. The summed E-state index contributed by atoms with van der Waals surface area (Å²) in [4.78, 5) is 21.5. The average Bonchev–Trinajstić information content (AvgIpc) is 3.47. The van der Waals surface area contributed by atoms with Gasteiger partial charge in [-0.25, -0.2) is 8.42 Å². The van der Waals surface area contributed by atoms with Crippen LogP contribution < -0.4 is 14.4 Å². The van der Waals surface area contributed by atoms with Gasteiger partial charge in [-0.3, -0.25) is 9.78 Å². The second kappa shape index (κ2) is 7.35. The molecule has 5 heterocycles. The summed E-state index contributed by atoms with van der Waals surface area (Å²) in [6, 6.07) is 8.89. The quantitative estimate of drug-likeness (QED) is 0.678. The van der Waals surface area contributed by atoms with Crippen molar-refractivity contribution in [2.75, 3.05) is 51.0 Å². The molecule has 168 valence electrons. The van der Waals surface area contributed by atoms with E-state index >= 15 is 0 Å². The predicted octanol–water partition coefficient (Wildman–Crippen LogP) is 1.03. The van der Waals surface area contributed by atoms with Gasteiger partial charge in [0.15, 0.2) is 11.5 Å². The van der Waals surface area contributed by atoms with E-state index in [4.69, 9.17) is 9.47 Å². The SMILES string of the molecule is O=C(C1CN(S(=O)(=O)c2cccc3c2OCO3)C1)N1CC2CN(c3ccncc3)CC2C1. The molecule has 10 heteroatoms. The van der Waals surface area contributed by atoms with E-state index in [1.54, 1.807) is 24.5 Å². The number of pyridine rings is 1. The summed E-state index contributed by atoms with van der Waals surface area (Å²) in [5.41, 5.74) is 1.17. The Morgan fingerprint density at radius 2 is 1.66 bits per heavy atom. The lowest BCUT2D eigenvalue weighted by Crippen LogP contribution is -2.56. The summed E-state index contributed by atoms with van der Waals surface area (Å²) in [6.45, 7) is 3.78. The van der Waals surface area contributed by atoms with E-state index in [0.717, 1.165) is 26.2 Å². The molecule has 1 aromatic carbocycles. The van der Waals surface area contributed by atoms with Crippen molar-refractivity contribution in [1.29, 1.82) is 0 Å². The van der Waals surface area contributed by atoms with E-state index in [-0.39, 0.29) is 42.4 Å². The number of anilines is 1. The van der Waals surface area contributed by atoms with Crippen LogP contribution in [0.25, 0.3) is 0 Å². The van der Waals surface area contributed by atoms with Crippen LogP contribution in [0.3, 0.4) is 0 Å². The van der Waals surface area contributed by atoms with Crippen LogP contribution in [0.15, 0.2) is 47.6 Å². The van der Waals surface area contributed by atoms with Gasteiger partial charge in [0.25, 0.3) is 0 Å². The highest BCUT2D eigenvalue weighted by Crippen LogP contribution is 2.41. The van der Waals surface area contributed by atoms with E-state index in [1.807, 2.05) is 17.0 Å². The third kappa shape index (κ3) is 3.12. The Morgan fingerprint density at radius 3 is 2.38 bits per heavy atom. The van der Waals surface area contributed by atoms with Gasteiger partial charge in [-0.15, -0.1) is 0 Å². The predicted molar refractivity (Wildman–Crippen MR) is 115 cm³/mol. The summed E-state index contributed by atoms with van der Waals surface area (Å²) in [5, 5.41) is 0. The van der Waals surface area contributed by atoms with Crippen LogP contribution in [0.1, 0.15) is 0 Å². The molecule has 32 heavy (non-hydrogen) atoms. The zero-order valence-corrected chi connectivity index (χ0v) is 18.3. The Hall–Kier alpha value is -2.85. The standard InChI is InChI=1S/C22H24N4O5S/c27-22(25-10-15-8-24(9-16(15)11-25)18-4-6-23-7-5-18)17-12-26(13-17)32(28,29)20-3-1-2-19-21(20)31-14-30-19/h1-7,15-17H,8-14H2. The largest absolute Gasteiger partial charge is 0.454 e. The number of para-hydroxylation sites is 1. The fraction of sp³-hybridized carbons (Fsp3) is 0.455. The summed E-state index contributed by atoms with van der Waals surface area (Å²) in [5.74, 6) is 1.39. The van der Waals surface area contributed by atoms with Crippen molar-refractivity contribution in [1.82, 2.24) is 14.2 Å². The highest BCUT2D eigenvalue weighted by Gasteiger charge is 2.47. The second-order valence-corrected chi connectivity index (χ2v) is 10.8. The summed E-state index contributed by atoms with van der Waals surface area (Å²) in [6.07, 6.45) is 3.61. The molecule has 9 nitrogen and oxygen atoms in total. The first-order valence-corrected chi connectivity index (χ1v) is 12.3. The molecule has 4 aliphatic heterocycles. The van der Waals surface area contributed by atoms with Crippen molar-refractivity contribution < 1.29 is 22.7 Å². The average molecular weight is 457 g/mol. The number of amides is 1. The summed E-state index contributed by atoms with van der Waals surface area (Å²) >= 11 is 0. The van der Waals surface area contributed by atoms with Gasteiger partial charge in [0, 0.05) is 69.2 Å². The van der Waals surface area contributed by atoms with Gasteiger partial charge in [0.05, 0.1) is 5.92 Å². The monoisotopic (exact) mass is 456 g/mol. The van der Waals surface area contributed by atoms with Crippen LogP contribution in [0, 0.1) is 17.8 Å². The Kier molecular flexibility index (Phi) is 4.55. The molecule has 6 rings (SSSR count). The Bertz CT molecular complexity index is 1140. The third-order valence-electron chi connectivity index (χ3n) is 7.00. The molecule has 4 aliphatic rings. The van der Waals surface area contributed by atoms with Crippen LogP contribution in [-0.2, 0) is 14.8 Å². The Morgan fingerprint density at radius 1 is 0.938 bits per heavy atom. The smallest absolute Gasteiger partial charge is 0.246 e. The Labute approximate surface area is 186 Å². The normalized spacial score (nSPS) is 25.1. The summed E-state index contributed by atoms with van der Waals surface area (Å²) < 4.78 is 38.1. The number of hydrogen-bond donors (Lipinski definition) is 0. The minimum atomic E-state index is -3.72. The zero-order valence-electron chi connectivity index (χ0n) is 17.5. The number of ether oxygens (including phenoxy) is 2. The molecule has 2 aromatic rings. The molecule has 2 atom stereocenters. The number of hydrogen-bond acceptors (Lipinski definition) is 7. The van der Waals surface area contributed by atoms with Gasteiger partial charge >= 0.3 is 0 Å². The first kappa shape index (κ1) is 19.8. The molecule has 0 aliphatic carbocycles. The van der Waals surface area contributed by atoms with Gasteiger partial charge in [0.2, 0.25) is 22.7 Å². The highest BCUT2D eigenvalue weighted by molar-refractivity contribution is 7.89. The van der Waals surface area contributed by atoms with Gasteiger partial charge in [0.1, 0.15) is 4.90 Å². The number of likely N-dealkylation sites (tertiary alicyclic amines) is 1.